The Hall–Kier alpha value is -1.92. The molecule has 0 aliphatic heterocycles. The highest BCUT2D eigenvalue weighted by Gasteiger charge is 2.19. The smallest absolute Gasteiger partial charge is 0.390 e. The van der Waals surface area contributed by atoms with Crippen molar-refractivity contribution in [3.05, 3.63) is 40.9 Å². The summed E-state index contributed by atoms with van der Waals surface area (Å²) in [6.45, 7) is 11.2. The maximum absolute atomic E-state index is 12.0. The number of nitrogens with zero attached hydrogens (tertiary/aromatic N) is 3. The van der Waals surface area contributed by atoms with Crippen molar-refractivity contribution in [2.45, 2.75) is 40.3 Å². The van der Waals surface area contributed by atoms with Crippen molar-refractivity contribution in [2.75, 3.05) is 19.6 Å². The molecule has 1 unspecified atom stereocenters. The Balaban J connectivity index is 2.11. The quantitative estimate of drug-likeness (QED) is 0.754. The first-order valence-corrected chi connectivity index (χ1v) is 8.89. The first-order chi connectivity index (χ1) is 11.9. The van der Waals surface area contributed by atoms with E-state index in [0.717, 1.165) is 18.7 Å². The highest BCUT2D eigenvalue weighted by Crippen LogP contribution is 2.15. The highest BCUT2D eigenvalue weighted by atomic mass is 16.5. The third-order valence-electron chi connectivity index (χ3n) is 3.83. The number of rotatable bonds is 9. The lowest BCUT2D eigenvalue weighted by atomic mass is 10.1. The summed E-state index contributed by atoms with van der Waals surface area (Å²) >= 11 is 0. The molecular formula is C19H29N3O3. The summed E-state index contributed by atoms with van der Waals surface area (Å²) in [5, 5.41) is 14.4. The molecule has 0 spiro atoms. The van der Waals surface area contributed by atoms with Gasteiger partial charge >= 0.3 is 5.76 Å². The Labute approximate surface area is 149 Å². The van der Waals surface area contributed by atoms with Gasteiger partial charge in [0, 0.05) is 25.2 Å². The number of aromatic nitrogens is 2. The number of aliphatic hydroxyl groups excluding tert-OH is 1. The van der Waals surface area contributed by atoms with Gasteiger partial charge in [-0.2, -0.15) is 0 Å². The van der Waals surface area contributed by atoms with E-state index in [4.69, 9.17) is 4.52 Å². The number of hydrogen-bond acceptors (Lipinski definition) is 5. The van der Waals surface area contributed by atoms with Crippen LogP contribution in [-0.2, 0) is 6.54 Å². The molecule has 138 valence electrons. The van der Waals surface area contributed by atoms with E-state index in [9.17, 15) is 9.90 Å². The van der Waals surface area contributed by atoms with E-state index < -0.39 is 11.9 Å². The van der Waals surface area contributed by atoms with Gasteiger partial charge in [-0.15, -0.1) is 0 Å². The molecule has 6 heteroatoms. The molecule has 0 bridgehead atoms. The van der Waals surface area contributed by atoms with Crippen LogP contribution in [-0.4, -0.2) is 45.5 Å². The van der Waals surface area contributed by atoms with E-state index in [0.29, 0.717) is 24.2 Å². The molecular weight excluding hydrogens is 318 g/mol. The monoisotopic (exact) mass is 347 g/mol. The van der Waals surface area contributed by atoms with Crippen LogP contribution >= 0.6 is 0 Å². The second kappa shape index (κ2) is 8.97. The molecule has 0 amide bonds. The van der Waals surface area contributed by atoms with Crippen LogP contribution in [0.15, 0.2) is 39.6 Å². The molecule has 1 heterocycles. The van der Waals surface area contributed by atoms with E-state index in [2.05, 4.69) is 37.8 Å². The summed E-state index contributed by atoms with van der Waals surface area (Å²) in [6.07, 6.45) is -0.669. The summed E-state index contributed by atoms with van der Waals surface area (Å²) in [7, 11) is 0. The van der Waals surface area contributed by atoms with Crippen LogP contribution in [0.1, 0.15) is 27.7 Å². The Bertz CT molecular complexity index is 681. The van der Waals surface area contributed by atoms with Gasteiger partial charge in [-0.3, -0.25) is 9.09 Å². The average molecular weight is 347 g/mol. The third-order valence-corrected chi connectivity index (χ3v) is 3.83. The Morgan fingerprint density at radius 3 is 2.24 bits per heavy atom. The predicted octanol–water partition coefficient (Wildman–Crippen LogP) is 2.48. The van der Waals surface area contributed by atoms with Crippen LogP contribution in [0.25, 0.3) is 11.4 Å². The van der Waals surface area contributed by atoms with Crippen LogP contribution in [0.3, 0.4) is 0 Å². The molecule has 0 aliphatic carbocycles. The normalized spacial score (nSPS) is 13.1. The molecule has 0 saturated carbocycles. The highest BCUT2D eigenvalue weighted by molar-refractivity contribution is 5.54. The topological polar surface area (TPSA) is 71.5 Å². The number of benzene rings is 1. The van der Waals surface area contributed by atoms with Crippen molar-refractivity contribution in [2.24, 2.45) is 11.8 Å². The average Bonchev–Trinajstić information content (AvgIpc) is 2.87. The number of aliphatic hydroxyl groups is 1. The van der Waals surface area contributed by atoms with Gasteiger partial charge in [-0.25, -0.2) is 4.79 Å². The van der Waals surface area contributed by atoms with Crippen molar-refractivity contribution in [1.82, 2.24) is 14.6 Å². The maximum atomic E-state index is 12.0. The zero-order chi connectivity index (χ0) is 18.4. The summed E-state index contributed by atoms with van der Waals surface area (Å²) in [4.78, 5) is 14.2. The molecule has 0 aliphatic rings. The molecule has 1 atom stereocenters. The van der Waals surface area contributed by atoms with Gasteiger partial charge in [-0.1, -0.05) is 63.2 Å². The summed E-state index contributed by atoms with van der Waals surface area (Å²) in [5.41, 5.74) is 0.793. The van der Waals surface area contributed by atoms with Gasteiger partial charge in [0.05, 0.1) is 12.6 Å². The fraction of sp³-hybridized carbons (Fsp3) is 0.579. The van der Waals surface area contributed by atoms with E-state index in [1.165, 1.54) is 4.57 Å². The lowest BCUT2D eigenvalue weighted by Gasteiger charge is -2.28. The fourth-order valence-electron chi connectivity index (χ4n) is 3.05. The molecule has 1 aromatic heterocycles. The molecule has 6 nitrogen and oxygen atoms in total. The Morgan fingerprint density at radius 2 is 1.68 bits per heavy atom. The third kappa shape index (κ3) is 5.83. The van der Waals surface area contributed by atoms with Crippen LogP contribution < -0.4 is 5.76 Å². The van der Waals surface area contributed by atoms with Gasteiger partial charge in [0.1, 0.15) is 0 Å². The Kier molecular flexibility index (Phi) is 6.96. The minimum absolute atomic E-state index is 0.166. The van der Waals surface area contributed by atoms with Crippen LogP contribution in [0.4, 0.5) is 0 Å². The molecule has 0 saturated heterocycles. The second-order valence-electron chi connectivity index (χ2n) is 7.41. The Morgan fingerprint density at radius 1 is 1.08 bits per heavy atom. The predicted molar refractivity (Wildman–Crippen MR) is 98.3 cm³/mol. The van der Waals surface area contributed by atoms with Gasteiger partial charge in [0.15, 0.2) is 5.82 Å². The lowest BCUT2D eigenvalue weighted by molar-refractivity contribution is 0.0848. The first-order valence-electron chi connectivity index (χ1n) is 8.89. The van der Waals surface area contributed by atoms with Crippen LogP contribution in [0, 0.1) is 11.8 Å². The molecule has 2 rings (SSSR count). The summed E-state index contributed by atoms with van der Waals surface area (Å²) < 4.78 is 6.22. The first kappa shape index (κ1) is 19.4. The van der Waals surface area contributed by atoms with Crippen molar-refractivity contribution in [3.63, 3.8) is 0 Å². The molecule has 1 N–H and O–H groups in total. The minimum Gasteiger partial charge on any atom is -0.390 e. The molecule has 0 fully saturated rings. The van der Waals surface area contributed by atoms with E-state index in [-0.39, 0.29) is 6.54 Å². The van der Waals surface area contributed by atoms with E-state index in [1.54, 1.807) is 0 Å². The number of hydrogen-bond donors (Lipinski definition) is 1. The van der Waals surface area contributed by atoms with Gasteiger partial charge in [-0.05, 0) is 11.8 Å². The fourth-order valence-corrected chi connectivity index (χ4v) is 3.05. The van der Waals surface area contributed by atoms with Crippen molar-refractivity contribution in [1.29, 1.82) is 0 Å². The van der Waals surface area contributed by atoms with Gasteiger partial charge < -0.3 is 10.0 Å². The van der Waals surface area contributed by atoms with Gasteiger partial charge in [0.2, 0.25) is 0 Å². The standard InChI is InChI=1S/C19H29N3O3/c1-14(2)10-21(11-15(3)4)12-17(23)13-22-18(20-25-19(22)24)16-8-6-5-7-9-16/h5-9,14-15,17,23H,10-13H2,1-4H3. The summed E-state index contributed by atoms with van der Waals surface area (Å²) in [6, 6.07) is 9.38. The minimum atomic E-state index is -0.669. The maximum Gasteiger partial charge on any atom is 0.441 e. The van der Waals surface area contributed by atoms with E-state index in [1.807, 2.05) is 30.3 Å². The van der Waals surface area contributed by atoms with Crippen LogP contribution in [0.2, 0.25) is 0 Å². The van der Waals surface area contributed by atoms with E-state index >= 15 is 0 Å². The zero-order valence-electron chi connectivity index (χ0n) is 15.6. The molecule has 1 aromatic carbocycles. The van der Waals surface area contributed by atoms with Crippen molar-refractivity contribution in [3.8, 4) is 11.4 Å². The van der Waals surface area contributed by atoms with Gasteiger partial charge in [0.25, 0.3) is 0 Å². The second-order valence-corrected chi connectivity index (χ2v) is 7.41. The lowest BCUT2D eigenvalue weighted by Crippen LogP contribution is -2.40. The zero-order valence-corrected chi connectivity index (χ0v) is 15.6. The van der Waals surface area contributed by atoms with Crippen molar-refractivity contribution >= 4 is 0 Å². The SMILES string of the molecule is CC(C)CN(CC(C)C)CC(O)Cn1c(-c2ccccc2)noc1=O. The largest absolute Gasteiger partial charge is 0.441 e. The molecule has 2 aromatic rings. The van der Waals surface area contributed by atoms with Crippen molar-refractivity contribution < 1.29 is 9.63 Å². The molecule has 25 heavy (non-hydrogen) atoms. The molecule has 0 radical (unpaired) electrons. The van der Waals surface area contributed by atoms with Crippen LogP contribution in [0.5, 0.6) is 0 Å². The summed E-state index contributed by atoms with van der Waals surface area (Å²) in [5.74, 6) is 0.939.